The minimum Gasteiger partial charge on any atom is -0.462 e. The molecule has 1 saturated carbocycles. The van der Waals surface area contributed by atoms with Crippen molar-refractivity contribution in [2.45, 2.75) is 59.3 Å². The number of aromatic nitrogens is 1. The minimum absolute atomic E-state index is 0.111. The summed E-state index contributed by atoms with van der Waals surface area (Å²) in [7, 11) is 0. The lowest BCUT2D eigenvalue weighted by Crippen LogP contribution is -2.44. The van der Waals surface area contributed by atoms with Gasteiger partial charge in [0.1, 0.15) is 5.78 Å². The Morgan fingerprint density at radius 3 is 2.70 bits per heavy atom. The number of hydrogen-bond donors (Lipinski definition) is 0. The van der Waals surface area contributed by atoms with Crippen molar-refractivity contribution >= 4 is 17.5 Å². The number of rotatable bonds is 5. The van der Waals surface area contributed by atoms with Crippen LogP contribution in [0.15, 0.2) is 40.7 Å². The monoisotopic (exact) mass is 368 g/mol. The average molecular weight is 368 g/mol. The van der Waals surface area contributed by atoms with Crippen LogP contribution in [-0.4, -0.2) is 29.1 Å². The van der Waals surface area contributed by atoms with Gasteiger partial charge in [-0.1, -0.05) is 33.3 Å². The number of aliphatic imine (C=N–C) groups is 1. The Bertz CT molecular complexity index is 793. The third-order valence-corrected chi connectivity index (χ3v) is 5.32. The van der Waals surface area contributed by atoms with Gasteiger partial charge in [-0.25, -0.2) is 4.79 Å². The van der Waals surface area contributed by atoms with Gasteiger partial charge >= 0.3 is 5.97 Å². The number of hydrogen-bond acceptors (Lipinski definition) is 5. The Hall–Kier alpha value is -2.30. The van der Waals surface area contributed by atoms with Crippen LogP contribution in [0, 0.1) is 11.3 Å². The second-order valence-electron chi connectivity index (χ2n) is 8.29. The Labute approximate surface area is 160 Å². The average Bonchev–Trinajstić information content (AvgIpc) is 2.60. The first kappa shape index (κ1) is 19.5. The van der Waals surface area contributed by atoms with Crippen LogP contribution < -0.4 is 0 Å². The van der Waals surface area contributed by atoms with E-state index in [1.807, 2.05) is 25.1 Å². The number of fused-ring (bicyclic) bond motifs is 1. The molecule has 0 amide bonds. The van der Waals surface area contributed by atoms with Crippen molar-refractivity contribution in [2.24, 2.45) is 16.3 Å². The lowest BCUT2D eigenvalue weighted by Gasteiger charge is -2.40. The lowest BCUT2D eigenvalue weighted by molar-refractivity contribution is -0.139. The van der Waals surface area contributed by atoms with E-state index in [2.05, 4.69) is 25.8 Å². The second-order valence-corrected chi connectivity index (χ2v) is 8.29. The summed E-state index contributed by atoms with van der Waals surface area (Å²) >= 11 is 0. The molecule has 0 N–H and O–H groups in total. The summed E-state index contributed by atoms with van der Waals surface area (Å²) in [5.74, 6) is -1.09. The molecule has 0 unspecified atom stereocenters. The Kier molecular flexibility index (Phi) is 5.59. The third kappa shape index (κ3) is 4.02. The van der Waals surface area contributed by atoms with E-state index >= 15 is 0 Å². The molecule has 144 valence electrons. The molecular formula is C22H28N2O3. The highest BCUT2D eigenvalue weighted by molar-refractivity contribution is 6.12. The molecule has 0 saturated heterocycles. The smallest absolute Gasteiger partial charge is 0.336 e. The van der Waals surface area contributed by atoms with Crippen LogP contribution in [0.2, 0.25) is 0 Å². The predicted molar refractivity (Wildman–Crippen MR) is 104 cm³/mol. The van der Waals surface area contributed by atoms with Crippen LogP contribution in [-0.2, 0) is 14.3 Å². The number of ketones is 1. The molecule has 1 fully saturated rings. The molecule has 27 heavy (non-hydrogen) atoms. The summed E-state index contributed by atoms with van der Waals surface area (Å²) in [6, 6.07) is 5.61. The number of allylic oxidation sites excluding steroid dienone is 1. The van der Waals surface area contributed by atoms with Gasteiger partial charge in [-0.05, 0) is 37.3 Å². The molecule has 5 nitrogen and oxygen atoms in total. The fraction of sp³-hybridized carbons (Fsp3) is 0.545. The zero-order valence-electron chi connectivity index (χ0n) is 16.6. The highest BCUT2D eigenvalue weighted by atomic mass is 16.5. The largest absolute Gasteiger partial charge is 0.462 e. The number of unbranched alkanes of at least 4 members (excludes halogenated alkanes) is 1. The molecular weight excluding hydrogens is 340 g/mol. The van der Waals surface area contributed by atoms with E-state index in [0.29, 0.717) is 24.3 Å². The summed E-state index contributed by atoms with van der Waals surface area (Å²) in [5, 5.41) is 0. The van der Waals surface area contributed by atoms with Crippen molar-refractivity contribution in [3.8, 4) is 0 Å². The zero-order chi connectivity index (χ0) is 19.6. The van der Waals surface area contributed by atoms with Crippen LogP contribution in [0.1, 0.15) is 65.0 Å². The van der Waals surface area contributed by atoms with Gasteiger partial charge < -0.3 is 4.74 Å². The topological polar surface area (TPSA) is 68.6 Å². The Morgan fingerprint density at radius 1 is 1.26 bits per heavy atom. The summed E-state index contributed by atoms with van der Waals surface area (Å²) in [4.78, 5) is 35.1. The molecule has 0 aromatic carbocycles. The maximum atomic E-state index is 13.1. The molecule has 2 aliphatic rings. The van der Waals surface area contributed by atoms with Crippen molar-refractivity contribution < 1.29 is 14.3 Å². The normalized spacial score (nSPS) is 24.3. The van der Waals surface area contributed by atoms with E-state index in [1.165, 1.54) is 0 Å². The molecule has 2 atom stereocenters. The number of carbonyl (C=O) groups excluding carboxylic acids is 2. The van der Waals surface area contributed by atoms with Crippen LogP contribution in [0.5, 0.6) is 0 Å². The number of esters is 1. The standard InChI is InChI=1S/C22H28N2O3/c1-5-6-11-27-21(26)18-14(2)24-16-12-22(3,4)13-17(25)19(16)20(18)15-9-7-8-10-23-15/h7-10,19-20H,5-6,11-13H2,1-4H3/t19-,20-/m1/s1. The zero-order valence-corrected chi connectivity index (χ0v) is 16.6. The maximum Gasteiger partial charge on any atom is 0.336 e. The molecule has 1 aliphatic heterocycles. The van der Waals surface area contributed by atoms with Gasteiger partial charge in [-0.2, -0.15) is 0 Å². The van der Waals surface area contributed by atoms with Crippen LogP contribution in [0.25, 0.3) is 0 Å². The fourth-order valence-corrected chi connectivity index (χ4v) is 4.13. The van der Waals surface area contributed by atoms with Gasteiger partial charge in [0, 0.05) is 29.7 Å². The van der Waals surface area contributed by atoms with Crippen molar-refractivity contribution in [1.29, 1.82) is 0 Å². The van der Waals surface area contributed by atoms with Crippen molar-refractivity contribution in [1.82, 2.24) is 4.98 Å². The van der Waals surface area contributed by atoms with Crippen molar-refractivity contribution in [3.05, 3.63) is 41.4 Å². The van der Waals surface area contributed by atoms with E-state index in [1.54, 1.807) is 6.20 Å². The molecule has 5 heteroatoms. The summed E-state index contributed by atoms with van der Waals surface area (Å²) in [5.41, 5.74) is 2.61. The summed E-state index contributed by atoms with van der Waals surface area (Å²) in [6.45, 7) is 8.44. The maximum absolute atomic E-state index is 13.1. The summed E-state index contributed by atoms with van der Waals surface area (Å²) < 4.78 is 5.49. The van der Waals surface area contributed by atoms with E-state index < -0.39 is 11.8 Å². The van der Waals surface area contributed by atoms with Crippen molar-refractivity contribution in [3.63, 3.8) is 0 Å². The molecule has 1 aromatic heterocycles. The number of carbonyl (C=O) groups is 2. The van der Waals surface area contributed by atoms with Crippen LogP contribution in [0.4, 0.5) is 0 Å². The second kappa shape index (κ2) is 7.75. The van der Waals surface area contributed by atoms with E-state index in [0.717, 1.165) is 30.7 Å². The van der Waals surface area contributed by atoms with Gasteiger partial charge in [0.2, 0.25) is 0 Å². The number of Topliss-reactive ketones (excluding diaryl/α,β-unsaturated/α-hetero) is 1. The van der Waals surface area contributed by atoms with E-state index in [9.17, 15) is 9.59 Å². The first-order valence-electron chi connectivity index (χ1n) is 9.73. The van der Waals surface area contributed by atoms with Gasteiger partial charge in [-0.3, -0.25) is 14.8 Å². The van der Waals surface area contributed by atoms with Crippen molar-refractivity contribution in [2.75, 3.05) is 6.61 Å². The summed E-state index contributed by atoms with van der Waals surface area (Å²) in [6.07, 6.45) is 4.71. The lowest BCUT2D eigenvalue weighted by atomic mass is 9.64. The Morgan fingerprint density at radius 2 is 2.04 bits per heavy atom. The minimum atomic E-state index is -0.426. The molecule has 3 rings (SSSR count). The first-order valence-corrected chi connectivity index (χ1v) is 9.73. The van der Waals surface area contributed by atoms with E-state index in [-0.39, 0.29) is 17.2 Å². The van der Waals surface area contributed by atoms with E-state index in [4.69, 9.17) is 9.73 Å². The number of pyridine rings is 1. The van der Waals surface area contributed by atoms with Gasteiger partial charge in [0.25, 0.3) is 0 Å². The molecule has 0 radical (unpaired) electrons. The first-order chi connectivity index (χ1) is 12.8. The van der Waals surface area contributed by atoms with Crippen LogP contribution >= 0.6 is 0 Å². The van der Waals surface area contributed by atoms with Gasteiger partial charge in [0.15, 0.2) is 0 Å². The molecule has 1 aliphatic carbocycles. The molecule has 0 spiro atoms. The predicted octanol–water partition coefficient (Wildman–Crippen LogP) is 4.24. The number of ether oxygens (including phenoxy) is 1. The molecule has 0 bridgehead atoms. The van der Waals surface area contributed by atoms with Gasteiger partial charge in [-0.15, -0.1) is 0 Å². The molecule has 2 heterocycles. The SMILES string of the molecule is CCCCOC(=O)C1=C(C)N=C2CC(C)(C)CC(=O)[C@@H]2[C@@H]1c1ccccn1. The molecule has 1 aromatic rings. The Balaban J connectivity index is 2.06. The van der Waals surface area contributed by atoms with Crippen LogP contribution in [0.3, 0.4) is 0 Å². The third-order valence-electron chi connectivity index (χ3n) is 5.32. The highest BCUT2D eigenvalue weighted by Crippen LogP contribution is 2.46. The fourth-order valence-electron chi connectivity index (χ4n) is 4.13. The highest BCUT2D eigenvalue weighted by Gasteiger charge is 2.48. The quantitative estimate of drug-likeness (QED) is 0.576. The number of nitrogens with zero attached hydrogens (tertiary/aromatic N) is 2. The van der Waals surface area contributed by atoms with Gasteiger partial charge in [0.05, 0.1) is 24.0 Å².